The topological polar surface area (TPSA) is 71.8 Å². The van der Waals surface area contributed by atoms with Gasteiger partial charge < -0.3 is 10.6 Å². The van der Waals surface area contributed by atoms with E-state index in [1.807, 2.05) is 43.0 Å². The van der Waals surface area contributed by atoms with E-state index in [0.717, 1.165) is 24.1 Å². The van der Waals surface area contributed by atoms with Gasteiger partial charge in [-0.25, -0.2) is 9.48 Å². The molecule has 3 atom stereocenters. The predicted octanol–water partition coefficient (Wildman–Crippen LogP) is 2.91. The van der Waals surface area contributed by atoms with Crippen molar-refractivity contribution >= 4 is 17.8 Å². The van der Waals surface area contributed by atoms with Crippen LogP contribution in [0, 0.1) is 0 Å². The van der Waals surface area contributed by atoms with Crippen molar-refractivity contribution in [2.24, 2.45) is 0 Å². The monoisotopic (exact) mass is 345 g/mol. The van der Waals surface area contributed by atoms with E-state index in [0.29, 0.717) is 11.3 Å². The number of urea groups is 1. The van der Waals surface area contributed by atoms with Crippen LogP contribution in [0.25, 0.3) is 5.69 Å². The SMILES string of the molecule is CS[C@@H]1CC[C@@H](NC(=O)N[C@H](C)c2ccc(-n3ccnn3)cc2)C1. The van der Waals surface area contributed by atoms with E-state index in [1.54, 1.807) is 17.1 Å². The van der Waals surface area contributed by atoms with Gasteiger partial charge in [0.05, 0.1) is 24.1 Å². The normalized spacial score (nSPS) is 21.4. The van der Waals surface area contributed by atoms with Crippen LogP contribution in [0.2, 0.25) is 0 Å². The molecule has 1 fully saturated rings. The Morgan fingerprint density at radius 1 is 1.33 bits per heavy atom. The first-order chi connectivity index (χ1) is 11.7. The molecule has 0 aliphatic heterocycles. The molecule has 7 heteroatoms. The summed E-state index contributed by atoms with van der Waals surface area (Å²) in [5.41, 5.74) is 2.00. The molecular formula is C17H23N5OS. The number of nitrogens with one attached hydrogen (secondary N) is 2. The van der Waals surface area contributed by atoms with Crippen LogP contribution in [-0.2, 0) is 0 Å². The zero-order chi connectivity index (χ0) is 16.9. The van der Waals surface area contributed by atoms with Crippen molar-refractivity contribution in [3.63, 3.8) is 0 Å². The molecule has 0 bridgehead atoms. The van der Waals surface area contributed by atoms with Crippen LogP contribution in [0.4, 0.5) is 4.79 Å². The summed E-state index contributed by atoms with van der Waals surface area (Å²) < 4.78 is 1.71. The highest BCUT2D eigenvalue weighted by molar-refractivity contribution is 7.99. The van der Waals surface area contributed by atoms with Gasteiger partial charge in [0.25, 0.3) is 0 Å². The Morgan fingerprint density at radius 3 is 2.75 bits per heavy atom. The first kappa shape index (κ1) is 16.8. The second-order valence-electron chi connectivity index (χ2n) is 6.15. The quantitative estimate of drug-likeness (QED) is 0.874. The largest absolute Gasteiger partial charge is 0.335 e. The molecule has 0 radical (unpaired) electrons. The maximum Gasteiger partial charge on any atom is 0.315 e. The lowest BCUT2D eigenvalue weighted by Crippen LogP contribution is -2.42. The zero-order valence-corrected chi connectivity index (χ0v) is 14.8. The number of aromatic nitrogens is 3. The van der Waals surface area contributed by atoms with Gasteiger partial charge in [0.1, 0.15) is 0 Å². The second-order valence-corrected chi connectivity index (χ2v) is 7.28. The molecule has 0 spiro atoms. The standard InChI is InChI=1S/C17H23N5OS/c1-12(19-17(23)20-14-5-8-16(11-14)24-2)13-3-6-15(7-4-13)22-10-9-18-21-22/h3-4,6-7,9-10,12,14,16H,5,8,11H2,1-2H3,(H2,19,20,23)/t12-,14-,16-/m1/s1. The van der Waals surface area contributed by atoms with Gasteiger partial charge in [0.15, 0.2) is 0 Å². The summed E-state index contributed by atoms with van der Waals surface area (Å²) in [5.74, 6) is 0. The molecule has 1 heterocycles. The third-order valence-corrected chi connectivity index (χ3v) is 5.58. The average molecular weight is 345 g/mol. The van der Waals surface area contributed by atoms with Crippen LogP contribution >= 0.6 is 11.8 Å². The molecule has 1 aromatic carbocycles. The molecule has 128 valence electrons. The second kappa shape index (κ2) is 7.70. The summed E-state index contributed by atoms with van der Waals surface area (Å²) in [5, 5.41) is 14.6. The first-order valence-electron chi connectivity index (χ1n) is 8.22. The van der Waals surface area contributed by atoms with Gasteiger partial charge in [-0.05, 0) is 50.1 Å². The summed E-state index contributed by atoms with van der Waals surface area (Å²) in [6, 6.07) is 8.11. The van der Waals surface area contributed by atoms with E-state index in [9.17, 15) is 4.79 Å². The fourth-order valence-electron chi connectivity index (χ4n) is 3.05. The third kappa shape index (κ3) is 4.08. The highest BCUT2D eigenvalue weighted by atomic mass is 32.2. The van der Waals surface area contributed by atoms with Gasteiger partial charge in [-0.3, -0.25) is 0 Å². The first-order valence-corrected chi connectivity index (χ1v) is 9.51. The third-order valence-electron chi connectivity index (χ3n) is 4.48. The van der Waals surface area contributed by atoms with Crippen molar-refractivity contribution in [1.82, 2.24) is 25.6 Å². The average Bonchev–Trinajstić information content (AvgIpc) is 3.26. The Bertz CT molecular complexity index is 658. The van der Waals surface area contributed by atoms with Crippen molar-refractivity contribution in [2.75, 3.05) is 6.26 Å². The summed E-state index contributed by atoms with van der Waals surface area (Å²) in [7, 11) is 0. The maximum atomic E-state index is 12.2. The van der Waals surface area contributed by atoms with Gasteiger partial charge in [-0.2, -0.15) is 11.8 Å². The minimum Gasteiger partial charge on any atom is -0.335 e. The van der Waals surface area contributed by atoms with Crippen molar-refractivity contribution < 1.29 is 4.79 Å². The molecule has 2 amide bonds. The molecule has 0 unspecified atom stereocenters. The van der Waals surface area contributed by atoms with E-state index in [-0.39, 0.29) is 12.1 Å². The minimum absolute atomic E-state index is 0.0486. The van der Waals surface area contributed by atoms with Gasteiger partial charge >= 0.3 is 6.03 Å². The lowest BCUT2D eigenvalue weighted by molar-refractivity contribution is 0.234. The summed E-state index contributed by atoms with van der Waals surface area (Å²) in [4.78, 5) is 12.2. The van der Waals surface area contributed by atoms with Crippen LogP contribution in [-0.4, -0.2) is 38.6 Å². The van der Waals surface area contributed by atoms with E-state index in [4.69, 9.17) is 0 Å². The van der Waals surface area contributed by atoms with E-state index >= 15 is 0 Å². The molecule has 3 rings (SSSR count). The Balaban J connectivity index is 1.53. The number of hydrogen-bond donors (Lipinski definition) is 2. The smallest absolute Gasteiger partial charge is 0.315 e. The van der Waals surface area contributed by atoms with Crippen molar-refractivity contribution in [3.8, 4) is 5.69 Å². The van der Waals surface area contributed by atoms with Crippen molar-refractivity contribution in [2.45, 2.75) is 43.5 Å². The highest BCUT2D eigenvalue weighted by Crippen LogP contribution is 2.28. The molecule has 2 N–H and O–H groups in total. The Morgan fingerprint density at radius 2 is 2.12 bits per heavy atom. The molecule has 1 aliphatic rings. The van der Waals surface area contributed by atoms with Crippen LogP contribution in [0.5, 0.6) is 0 Å². The molecule has 1 saturated carbocycles. The van der Waals surface area contributed by atoms with Crippen LogP contribution in [0.3, 0.4) is 0 Å². The molecule has 1 aliphatic carbocycles. The number of hydrogen-bond acceptors (Lipinski definition) is 4. The fourth-order valence-corrected chi connectivity index (χ4v) is 3.85. The van der Waals surface area contributed by atoms with Crippen molar-refractivity contribution in [3.05, 3.63) is 42.2 Å². The molecule has 0 saturated heterocycles. The molecular weight excluding hydrogens is 322 g/mol. The van der Waals surface area contributed by atoms with Crippen LogP contribution < -0.4 is 10.6 Å². The van der Waals surface area contributed by atoms with E-state index < -0.39 is 0 Å². The lowest BCUT2D eigenvalue weighted by Gasteiger charge is -2.18. The lowest BCUT2D eigenvalue weighted by atomic mass is 10.1. The highest BCUT2D eigenvalue weighted by Gasteiger charge is 2.25. The van der Waals surface area contributed by atoms with Crippen LogP contribution in [0.1, 0.15) is 37.8 Å². The predicted molar refractivity (Wildman–Crippen MR) is 96.4 cm³/mol. The molecule has 6 nitrogen and oxygen atoms in total. The van der Waals surface area contributed by atoms with E-state index in [2.05, 4.69) is 27.2 Å². The van der Waals surface area contributed by atoms with Gasteiger partial charge in [-0.15, -0.1) is 5.10 Å². The number of carbonyl (C=O) groups is 1. The Labute approximate surface area is 146 Å². The number of rotatable bonds is 5. The molecule has 1 aromatic heterocycles. The minimum atomic E-state index is -0.0883. The maximum absolute atomic E-state index is 12.2. The zero-order valence-electron chi connectivity index (χ0n) is 14.0. The Hall–Kier alpha value is -2.02. The number of thioether (sulfide) groups is 1. The molecule has 2 aromatic rings. The summed E-state index contributed by atoms with van der Waals surface area (Å²) in [6.07, 6.45) is 8.90. The van der Waals surface area contributed by atoms with E-state index in [1.165, 1.54) is 6.42 Å². The van der Waals surface area contributed by atoms with Crippen molar-refractivity contribution in [1.29, 1.82) is 0 Å². The molecule has 24 heavy (non-hydrogen) atoms. The van der Waals surface area contributed by atoms with Gasteiger partial charge in [0.2, 0.25) is 0 Å². The van der Waals surface area contributed by atoms with Crippen LogP contribution in [0.15, 0.2) is 36.7 Å². The van der Waals surface area contributed by atoms with Gasteiger partial charge in [-0.1, -0.05) is 17.3 Å². The summed E-state index contributed by atoms with van der Waals surface area (Å²) >= 11 is 1.89. The number of nitrogens with zero attached hydrogens (tertiary/aromatic N) is 3. The fraction of sp³-hybridized carbons (Fsp3) is 0.471. The number of benzene rings is 1. The Kier molecular flexibility index (Phi) is 5.40. The summed E-state index contributed by atoms with van der Waals surface area (Å²) in [6.45, 7) is 1.99. The number of carbonyl (C=O) groups excluding carboxylic acids is 1. The van der Waals surface area contributed by atoms with Gasteiger partial charge in [0, 0.05) is 11.3 Å². The number of amides is 2.